The monoisotopic (exact) mass is 339 g/mol. The molecule has 2 aliphatic heterocycles. The maximum absolute atomic E-state index is 15.5. The number of hydrogen-bond donors (Lipinski definition) is 0. The number of nitrogens with zero attached hydrogens (tertiary/aromatic N) is 3. The van der Waals surface area contributed by atoms with E-state index in [1.54, 1.807) is 20.0 Å². The molecule has 25 heavy (non-hydrogen) atoms. The van der Waals surface area contributed by atoms with Crippen molar-refractivity contribution in [1.82, 2.24) is 9.46 Å². The van der Waals surface area contributed by atoms with Gasteiger partial charge in [-0.2, -0.15) is 0 Å². The molecule has 0 fully saturated rings. The smallest absolute Gasteiger partial charge is 0.393 e. The molecule has 0 bridgehead atoms. The normalized spacial score (nSPS) is 18.4. The Morgan fingerprint density at radius 1 is 1.08 bits per heavy atom. The lowest BCUT2D eigenvalue weighted by molar-refractivity contribution is -0.363. The minimum Gasteiger partial charge on any atom is -0.393 e. The van der Waals surface area contributed by atoms with E-state index in [1.807, 2.05) is 45.0 Å². The van der Waals surface area contributed by atoms with E-state index in [4.69, 9.17) is 0 Å². The van der Waals surface area contributed by atoms with Crippen LogP contribution in [0.25, 0.3) is 5.57 Å². The number of hydrogen-bond acceptors (Lipinski definition) is 1. The number of aryl methyl sites for hydroxylation is 3. The van der Waals surface area contributed by atoms with E-state index in [1.165, 1.54) is 8.96 Å². The van der Waals surface area contributed by atoms with Gasteiger partial charge < -0.3 is 17.6 Å². The number of fused-ring (bicyclic) bond motifs is 2. The molecule has 0 aromatic carbocycles. The highest BCUT2D eigenvalue weighted by atomic mass is 19.2. The fourth-order valence-electron chi connectivity index (χ4n) is 4.19. The highest BCUT2D eigenvalue weighted by molar-refractivity contribution is 6.58. The van der Waals surface area contributed by atoms with E-state index in [0.717, 1.165) is 28.0 Å². The first-order valence-electron chi connectivity index (χ1n) is 8.43. The largest absolute Gasteiger partial charge is 0.737 e. The van der Waals surface area contributed by atoms with E-state index >= 15 is 8.63 Å². The van der Waals surface area contributed by atoms with Crippen LogP contribution >= 0.6 is 0 Å². The predicted molar refractivity (Wildman–Crippen MR) is 97.0 cm³/mol. The first kappa shape index (κ1) is 16.0. The van der Waals surface area contributed by atoms with E-state index < -0.39 is 6.97 Å². The molecule has 2 aromatic rings. The lowest BCUT2D eigenvalue weighted by Crippen LogP contribution is -2.51. The van der Waals surface area contributed by atoms with Crippen LogP contribution in [0.2, 0.25) is 0 Å². The van der Waals surface area contributed by atoms with Crippen molar-refractivity contribution in [3.8, 4) is 0 Å². The molecule has 0 unspecified atom stereocenters. The van der Waals surface area contributed by atoms with Gasteiger partial charge >= 0.3 is 6.97 Å². The van der Waals surface area contributed by atoms with E-state index in [2.05, 4.69) is 4.98 Å². The second-order valence-electron chi connectivity index (χ2n) is 7.03. The molecule has 0 N–H and O–H groups in total. The third-order valence-corrected chi connectivity index (χ3v) is 5.13. The van der Waals surface area contributed by atoms with Crippen molar-refractivity contribution < 1.29 is 13.1 Å². The molecule has 3 nitrogen and oxygen atoms in total. The van der Waals surface area contributed by atoms with Crippen LogP contribution < -0.4 is 0 Å². The molecule has 0 saturated carbocycles. The summed E-state index contributed by atoms with van der Waals surface area (Å²) in [6.45, 7) is 5.28. The molecule has 6 heteroatoms. The van der Waals surface area contributed by atoms with Gasteiger partial charge in [0.05, 0.1) is 5.57 Å². The first-order valence-corrected chi connectivity index (χ1v) is 8.43. The first-order chi connectivity index (χ1) is 11.7. The summed E-state index contributed by atoms with van der Waals surface area (Å²) < 4.78 is 33.3. The van der Waals surface area contributed by atoms with E-state index in [0.29, 0.717) is 22.8 Å². The van der Waals surface area contributed by atoms with Crippen molar-refractivity contribution in [3.63, 3.8) is 0 Å². The van der Waals surface area contributed by atoms with Gasteiger partial charge in [0, 0.05) is 41.7 Å². The van der Waals surface area contributed by atoms with E-state index in [-0.39, 0.29) is 0 Å². The summed E-state index contributed by atoms with van der Waals surface area (Å²) in [5.74, 6) is 0. The van der Waals surface area contributed by atoms with Gasteiger partial charge in [0.1, 0.15) is 5.71 Å². The zero-order valence-electron chi connectivity index (χ0n) is 15.1. The molecule has 0 saturated heterocycles. The van der Waals surface area contributed by atoms with Gasteiger partial charge in [-0.15, -0.1) is 0 Å². The topological polar surface area (TPSA) is 20.8 Å². The molecule has 4 rings (SSSR count). The highest BCUT2D eigenvalue weighted by Crippen LogP contribution is 2.43. The van der Waals surface area contributed by atoms with Gasteiger partial charge in [-0.25, -0.2) is 0 Å². The predicted octanol–water partition coefficient (Wildman–Crippen LogP) is 4.24. The van der Waals surface area contributed by atoms with Crippen LogP contribution in [-0.4, -0.2) is 26.6 Å². The van der Waals surface area contributed by atoms with Crippen LogP contribution in [0.15, 0.2) is 41.7 Å². The van der Waals surface area contributed by atoms with Crippen LogP contribution in [-0.2, 0) is 0 Å². The molecule has 0 spiro atoms. The van der Waals surface area contributed by atoms with Crippen LogP contribution in [0.3, 0.4) is 0 Å². The third kappa shape index (κ3) is 2.03. The molecule has 2 aromatic heterocycles. The van der Waals surface area contributed by atoms with Gasteiger partial charge in [-0.3, -0.25) is 4.98 Å². The lowest BCUT2D eigenvalue weighted by Gasteiger charge is -2.34. The Labute approximate surface area is 146 Å². The summed E-state index contributed by atoms with van der Waals surface area (Å²) in [7, 11) is 0. The number of allylic oxidation sites excluding steroid dienone is 2. The second-order valence-corrected chi connectivity index (χ2v) is 7.03. The number of rotatable bonds is 1. The fraction of sp³-hybridized carbons (Fsp3) is 0.263. The summed E-state index contributed by atoms with van der Waals surface area (Å²) in [6.07, 6.45) is 3.61. The minimum absolute atomic E-state index is 0.575. The summed E-state index contributed by atoms with van der Waals surface area (Å²) in [6, 6.07) is 5.72. The molecule has 0 atom stereocenters. The van der Waals surface area contributed by atoms with Crippen molar-refractivity contribution in [1.29, 1.82) is 0 Å². The molecule has 4 heterocycles. The Morgan fingerprint density at radius 2 is 1.80 bits per heavy atom. The average Bonchev–Trinajstić information content (AvgIpc) is 2.99. The van der Waals surface area contributed by atoms with Crippen molar-refractivity contribution in [2.24, 2.45) is 0 Å². The molecular weight excluding hydrogens is 319 g/mol. The number of pyridine rings is 1. The van der Waals surface area contributed by atoms with Crippen molar-refractivity contribution in [3.05, 3.63) is 70.0 Å². The number of halogens is 2. The molecule has 128 valence electrons. The summed E-state index contributed by atoms with van der Waals surface area (Å²) >= 11 is 0. The second kappa shape index (κ2) is 5.00. The molecule has 0 radical (unpaired) electrons. The molecular formula is C19H20BF2N3. The summed E-state index contributed by atoms with van der Waals surface area (Å²) in [5, 5.41) is 0. The molecule has 0 aliphatic carbocycles. The van der Waals surface area contributed by atoms with Crippen LogP contribution in [0.1, 0.15) is 42.1 Å². The molecule has 2 aliphatic rings. The van der Waals surface area contributed by atoms with Gasteiger partial charge in [0.2, 0.25) is 0 Å². The van der Waals surface area contributed by atoms with Crippen molar-refractivity contribution in [2.75, 3.05) is 0 Å². The summed E-state index contributed by atoms with van der Waals surface area (Å²) in [5.41, 5.74) is 6.67. The highest BCUT2D eigenvalue weighted by Gasteiger charge is 2.55. The Kier molecular flexibility index (Phi) is 3.20. The van der Waals surface area contributed by atoms with Crippen LogP contribution in [0.4, 0.5) is 8.63 Å². The number of aromatic nitrogens is 2. The lowest BCUT2D eigenvalue weighted by atomic mass is 9.84. The zero-order valence-corrected chi connectivity index (χ0v) is 15.1. The van der Waals surface area contributed by atoms with Gasteiger partial charge in [-0.05, 0) is 51.1 Å². The quantitative estimate of drug-likeness (QED) is 0.712. The van der Waals surface area contributed by atoms with Gasteiger partial charge in [-0.1, -0.05) is 6.07 Å². The van der Waals surface area contributed by atoms with Crippen molar-refractivity contribution >= 4 is 18.3 Å². The third-order valence-electron chi connectivity index (χ3n) is 5.13. The van der Waals surface area contributed by atoms with Gasteiger partial charge in [0.15, 0.2) is 5.70 Å². The zero-order chi connectivity index (χ0) is 18.1. The Bertz CT molecular complexity index is 1010. The Hall–Kier alpha value is -2.50. The Morgan fingerprint density at radius 3 is 2.44 bits per heavy atom. The van der Waals surface area contributed by atoms with Crippen LogP contribution in [0, 0.1) is 20.8 Å². The van der Waals surface area contributed by atoms with Crippen LogP contribution in [0.5, 0.6) is 0 Å². The SMILES string of the molecule is CC1=CC(C)=[N+]2C1=C(c1ccc(C)nc1)c1c(C)cc(C)n1[B-]2(F)F. The Balaban J connectivity index is 2.17. The average molecular weight is 339 g/mol. The fourth-order valence-corrected chi connectivity index (χ4v) is 4.19. The van der Waals surface area contributed by atoms with Gasteiger partial charge in [0.25, 0.3) is 0 Å². The summed E-state index contributed by atoms with van der Waals surface area (Å²) in [4.78, 5) is 4.39. The molecule has 0 amide bonds. The maximum Gasteiger partial charge on any atom is 0.737 e. The maximum atomic E-state index is 15.5. The van der Waals surface area contributed by atoms with E-state index in [9.17, 15) is 0 Å². The van der Waals surface area contributed by atoms with Crippen molar-refractivity contribution in [2.45, 2.75) is 34.6 Å². The standard InChI is InChI=1S/C19H20BF2N3/c1-11-8-14(4)24-18(11)17(16-7-6-13(3)23-10-16)19-12(2)9-15(5)25(19)20(24,21)22/h6-10H,1-5H3. The minimum atomic E-state index is -3.92.